The van der Waals surface area contributed by atoms with Crippen LogP contribution < -0.4 is 4.74 Å². The lowest BCUT2D eigenvalue weighted by atomic mass is 10.1. The Bertz CT molecular complexity index is 928. The first-order valence-electron chi connectivity index (χ1n) is 7.94. The predicted octanol–water partition coefficient (Wildman–Crippen LogP) is 3.83. The van der Waals surface area contributed by atoms with Gasteiger partial charge in [-0.3, -0.25) is 4.79 Å². The molecule has 0 aliphatic heterocycles. The Kier molecular flexibility index (Phi) is 5.12. The molecule has 0 aliphatic rings. The lowest BCUT2D eigenvalue weighted by molar-refractivity contribution is 0.0600. The molecular weight excluding hydrogens is 334 g/mol. The monoisotopic (exact) mass is 351 g/mol. The number of hydrogen-bond acceptors (Lipinski definition) is 6. The average Bonchev–Trinajstić information content (AvgIpc) is 3.06. The molecule has 0 saturated heterocycles. The quantitative estimate of drug-likeness (QED) is 0.496. The zero-order valence-electron chi connectivity index (χ0n) is 14.4. The molecule has 2 aromatic carbocycles. The molecule has 6 heteroatoms. The molecule has 3 aromatic rings. The molecular formula is C20H17NO5. The number of aromatic nitrogens is 1. The largest absolute Gasteiger partial charge is 0.486 e. The van der Waals surface area contributed by atoms with Crippen LogP contribution in [0.25, 0.3) is 11.5 Å². The lowest BCUT2D eigenvalue weighted by Crippen LogP contribution is -2.00. The average molecular weight is 351 g/mol. The van der Waals surface area contributed by atoms with Crippen LogP contribution in [0.15, 0.2) is 52.9 Å². The van der Waals surface area contributed by atoms with Crippen molar-refractivity contribution in [3.05, 3.63) is 71.1 Å². The lowest BCUT2D eigenvalue weighted by Gasteiger charge is -2.06. The Hall–Kier alpha value is -3.41. The van der Waals surface area contributed by atoms with Crippen LogP contribution in [0.3, 0.4) is 0 Å². The first-order chi connectivity index (χ1) is 12.6. The third-order valence-electron chi connectivity index (χ3n) is 3.86. The standard InChI is InChI=1S/C20H17NO5/c1-13-17(12-25-18-6-4-3-5-16(18)11-22)21-19(26-13)14-7-9-15(10-8-14)20(23)24-2/h3-11H,12H2,1-2H3. The molecule has 1 aromatic heterocycles. The second-order valence-corrected chi connectivity index (χ2v) is 5.54. The highest BCUT2D eigenvalue weighted by Gasteiger charge is 2.14. The summed E-state index contributed by atoms with van der Waals surface area (Å²) >= 11 is 0. The van der Waals surface area contributed by atoms with Crippen LogP contribution in [-0.2, 0) is 11.3 Å². The van der Waals surface area contributed by atoms with E-state index in [1.165, 1.54) is 7.11 Å². The molecule has 0 spiro atoms. The number of aldehydes is 1. The van der Waals surface area contributed by atoms with Crippen LogP contribution in [0, 0.1) is 6.92 Å². The normalized spacial score (nSPS) is 10.4. The highest BCUT2D eigenvalue weighted by atomic mass is 16.5. The Morgan fingerprint density at radius 1 is 1.15 bits per heavy atom. The van der Waals surface area contributed by atoms with Crippen LogP contribution in [0.4, 0.5) is 0 Å². The molecule has 0 aliphatic carbocycles. The van der Waals surface area contributed by atoms with Gasteiger partial charge in [0.1, 0.15) is 23.8 Å². The van der Waals surface area contributed by atoms with Gasteiger partial charge in [0.05, 0.1) is 18.2 Å². The highest BCUT2D eigenvalue weighted by molar-refractivity contribution is 5.89. The molecule has 0 bridgehead atoms. The fourth-order valence-corrected chi connectivity index (χ4v) is 2.41. The molecule has 0 N–H and O–H groups in total. The smallest absolute Gasteiger partial charge is 0.337 e. The van der Waals surface area contributed by atoms with E-state index in [1.807, 2.05) is 0 Å². The summed E-state index contributed by atoms with van der Waals surface area (Å²) in [4.78, 5) is 27.0. The number of nitrogens with zero attached hydrogens (tertiary/aromatic N) is 1. The number of oxazole rings is 1. The van der Waals surface area contributed by atoms with Crippen molar-refractivity contribution in [2.75, 3.05) is 7.11 Å². The Morgan fingerprint density at radius 3 is 2.58 bits per heavy atom. The third-order valence-corrected chi connectivity index (χ3v) is 3.86. The van der Waals surface area contributed by atoms with E-state index in [0.29, 0.717) is 34.2 Å². The molecule has 0 amide bonds. The summed E-state index contributed by atoms with van der Waals surface area (Å²) < 4.78 is 16.1. The number of para-hydroxylation sites is 1. The minimum atomic E-state index is -0.400. The summed E-state index contributed by atoms with van der Waals surface area (Å²) in [5.74, 6) is 1.15. The molecule has 6 nitrogen and oxygen atoms in total. The second kappa shape index (κ2) is 7.65. The number of hydrogen-bond donors (Lipinski definition) is 0. The van der Waals surface area contributed by atoms with E-state index >= 15 is 0 Å². The van der Waals surface area contributed by atoms with Crippen molar-refractivity contribution in [1.82, 2.24) is 4.98 Å². The van der Waals surface area contributed by atoms with Crippen molar-refractivity contribution in [1.29, 1.82) is 0 Å². The topological polar surface area (TPSA) is 78.6 Å². The number of benzene rings is 2. The molecule has 26 heavy (non-hydrogen) atoms. The Morgan fingerprint density at radius 2 is 1.88 bits per heavy atom. The first kappa shape index (κ1) is 17.4. The number of ether oxygens (including phenoxy) is 2. The maximum absolute atomic E-state index is 11.5. The van der Waals surface area contributed by atoms with Gasteiger partial charge in [-0.25, -0.2) is 9.78 Å². The van der Waals surface area contributed by atoms with E-state index in [2.05, 4.69) is 9.72 Å². The molecule has 132 valence electrons. The van der Waals surface area contributed by atoms with Gasteiger partial charge in [-0.1, -0.05) is 12.1 Å². The number of rotatable bonds is 6. The fraction of sp³-hybridized carbons (Fsp3) is 0.150. The van der Waals surface area contributed by atoms with Gasteiger partial charge >= 0.3 is 5.97 Å². The van der Waals surface area contributed by atoms with Gasteiger partial charge in [-0.2, -0.15) is 0 Å². The van der Waals surface area contributed by atoms with Crippen molar-refractivity contribution in [3.8, 4) is 17.2 Å². The van der Waals surface area contributed by atoms with Crippen LogP contribution in [0.5, 0.6) is 5.75 Å². The minimum Gasteiger partial charge on any atom is -0.486 e. The van der Waals surface area contributed by atoms with E-state index in [0.717, 1.165) is 11.8 Å². The van der Waals surface area contributed by atoms with Crippen molar-refractivity contribution >= 4 is 12.3 Å². The molecule has 0 fully saturated rings. The van der Waals surface area contributed by atoms with Gasteiger partial charge in [0.15, 0.2) is 6.29 Å². The molecule has 1 heterocycles. The number of carbonyl (C=O) groups excluding carboxylic acids is 2. The van der Waals surface area contributed by atoms with Crippen LogP contribution in [-0.4, -0.2) is 24.3 Å². The zero-order chi connectivity index (χ0) is 18.5. The molecule has 3 rings (SSSR count). The maximum Gasteiger partial charge on any atom is 0.337 e. The van der Waals surface area contributed by atoms with Crippen molar-refractivity contribution in [2.45, 2.75) is 13.5 Å². The number of aryl methyl sites for hydroxylation is 1. The summed E-state index contributed by atoms with van der Waals surface area (Å²) in [7, 11) is 1.34. The van der Waals surface area contributed by atoms with Gasteiger partial charge in [-0.15, -0.1) is 0 Å². The van der Waals surface area contributed by atoms with E-state index < -0.39 is 5.97 Å². The highest BCUT2D eigenvalue weighted by Crippen LogP contribution is 2.24. The van der Waals surface area contributed by atoms with Crippen LogP contribution in [0.2, 0.25) is 0 Å². The number of methoxy groups -OCH3 is 1. The number of esters is 1. The zero-order valence-corrected chi connectivity index (χ0v) is 14.4. The third kappa shape index (κ3) is 3.64. The SMILES string of the molecule is COC(=O)c1ccc(-c2nc(COc3ccccc3C=O)c(C)o2)cc1. The number of carbonyl (C=O) groups is 2. The summed E-state index contributed by atoms with van der Waals surface area (Å²) in [6.07, 6.45) is 0.749. The van der Waals surface area contributed by atoms with E-state index in [9.17, 15) is 9.59 Å². The van der Waals surface area contributed by atoms with Gasteiger partial charge in [-0.05, 0) is 43.3 Å². The summed E-state index contributed by atoms with van der Waals surface area (Å²) in [6.45, 7) is 1.98. The van der Waals surface area contributed by atoms with Crippen molar-refractivity contribution in [2.24, 2.45) is 0 Å². The van der Waals surface area contributed by atoms with E-state index in [4.69, 9.17) is 9.15 Å². The van der Waals surface area contributed by atoms with Crippen LogP contribution in [0.1, 0.15) is 32.2 Å². The molecule has 0 radical (unpaired) electrons. The fourth-order valence-electron chi connectivity index (χ4n) is 2.41. The Labute approximate surface area is 150 Å². The molecule has 0 unspecified atom stereocenters. The van der Waals surface area contributed by atoms with Gasteiger partial charge in [0.25, 0.3) is 0 Å². The van der Waals surface area contributed by atoms with Crippen molar-refractivity contribution in [3.63, 3.8) is 0 Å². The summed E-state index contributed by atoms with van der Waals surface area (Å²) in [5, 5.41) is 0. The second-order valence-electron chi connectivity index (χ2n) is 5.54. The van der Waals surface area contributed by atoms with Crippen molar-refractivity contribution < 1.29 is 23.5 Å². The summed E-state index contributed by atoms with van der Waals surface area (Å²) in [6, 6.07) is 13.8. The van der Waals surface area contributed by atoms with E-state index in [-0.39, 0.29) is 6.61 Å². The maximum atomic E-state index is 11.5. The van der Waals surface area contributed by atoms with Crippen LogP contribution >= 0.6 is 0 Å². The molecule has 0 atom stereocenters. The van der Waals surface area contributed by atoms with Gasteiger partial charge in [0, 0.05) is 5.56 Å². The van der Waals surface area contributed by atoms with Gasteiger partial charge in [0.2, 0.25) is 5.89 Å². The Balaban J connectivity index is 1.76. The molecule has 0 saturated carbocycles. The summed E-state index contributed by atoms with van der Waals surface area (Å²) in [5.41, 5.74) is 2.30. The van der Waals surface area contributed by atoms with Gasteiger partial charge < -0.3 is 13.9 Å². The minimum absolute atomic E-state index is 0.181. The first-order valence-corrected chi connectivity index (χ1v) is 7.94. The van der Waals surface area contributed by atoms with E-state index in [1.54, 1.807) is 55.5 Å². The predicted molar refractivity (Wildman–Crippen MR) is 94.2 cm³/mol.